The van der Waals surface area contributed by atoms with Gasteiger partial charge in [0, 0.05) is 17.9 Å². The van der Waals surface area contributed by atoms with Crippen molar-refractivity contribution in [2.75, 3.05) is 24.3 Å². The quantitative estimate of drug-likeness (QED) is 0.582. The normalized spacial score (nSPS) is 13.3. The number of benzene rings is 1. The van der Waals surface area contributed by atoms with E-state index in [-0.39, 0.29) is 17.1 Å². The number of thiophene rings is 1. The van der Waals surface area contributed by atoms with Crippen molar-refractivity contribution in [1.29, 1.82) is 0 Å². The zero-order valence-electron chi connectivity index (χ0n) is 14.9. The highest BCUT2D eigenvalue weighted by Gasteiger charge is 2.21. The summed E-state index contributed by atoms with van der Waals surface area (Å²) in [6, 6.07) is 8.09. The summed E-state index contributed by atoms with van der Waals surface area (Å²) in [6.07, 6.45) is -0.184. The number of ether oxygens (including phenoxy) is 2. The van der Waals surface area contributed by atoms with Crippen molar-refractivity contribution in [1.82, 2.24) is 4.98 Å². The second-order valence-electron chi connectivity index (χ2n) is 6.06. The molecule has 3 heterocycles. The van der Waals surface area contributed by atoms with Gasteiger partial charge in [-0.25, -0.2) is 13.4 Å². The molecule has 1 aliphatic heterocycles. The van der Waals surface area contributed by atoms with Gasteiger partial charge in [-0.2, -0.15) is 0 Å². The van der Waals surface area contributed by atoms with Crippen LogP contribution in [0, 0.1) is 0 Å². The van der Waals surface area contributed by atoms with Crippen molar-refractivity contribution in [3.63, 3.8) is 0 Å². The molecule has 0 aliphatic carbocycles. The molecule has 152 valence electrons. The van der Waals surface area contributed by atoms with Crippen LogP contribution in [0.1, 0.15) is 6.42 Å². The molecule has 4 rings (SSSR count). The molecular weight excluding hydrogens is 456 g/mol. The highest BCUT2D eigenvalue weighted by Crippen LogP contribution is 2.34. The Balaban J connectivity index is 1.37. The van der Waals surface area contributed by atoms with Crippen LogP contribution in [-0.2, 0) is 14.6 Å². The van der Waals surface area contributed by atoms with E-state index in [1.165, 1.54) is 34.8 Å². The molecule has 0 unspecified atom stereocenters. The topological polar surface area (TPSA) is 94.6 Å². The Bertz CT molecular complexity index is 1160. The number of fused-ring (bicyclic) bond motifs is 1. The van der Waals surface area contributed by atoms with Gasteiger partial charge in [0.1, 0.15) is 13.2 Å². The van der Waals surface area contributed by atoms with Crippen LogP contribution in [0.25, 0.3) is 10.6 Å². The van der Waals surface area contributed by atoms with Crippen molar-refractivity contribution in [3.05, 3.63) is 40.0 Å². The third kappa shape index (κ3) is 4.72. The number of amides is 1. The summed E-state index contributed by atoms with van der Waals surface area (Å²) in [7, 11) is -3.64. The molecule has 7 nitrogen and oxygen atoms in total. The number of rotatable bonds is 6. The van der Waals surface area contributed by atoms with Crippen molar-refractivity contribution in [2.45, 2.75) is 11.3 Å². The molecule has 0 bridgehead atoms. The lowest BCUT2D eigenvalue weighted by Crippen LogP contribution is -2.18. The van der Waals surface area contributed by atoms with Gasteiger partial charge in [-0.3, -0.25) is 4.79 Å². The number of sulfone groups is 1. The van der Waals surface area contributed by atoms with Gasteiger partial charge >= 0.3 is 0 Å². The van der Waals surface area contributed by atoms with E-state index < -0.39 is 15.7 Å². The van der Waals surface area contributed by atoms with Crippen LogP contribution in [0.4, 0.5) is 5.13 Å². The molecule has 1 aromatic carbocycles. The predicted octanol–water partition coefficient (Wildman–Crippen LogP) is 4.10. The minimum atomic E-state index is -3.64. The second-order valence-corrected chi connectivity index (χ2v) is 10.7. The minimum Gasteiger partial charge on any atom is -0.486 e. The summed E-state index contributed by atoms with van der Waals surface area (Å²) in [5.74, 6) is 0.165. The molecular formula is C18H15ClN2O5S3. The van der Waals surface area contributed by atoms with Crippen LogP contribution in [0.15, 0.2) is 40.6 Å². The van der Waals surface area contributed by atoms with Gasteiger partial charge in [-0.1, -0.05) is 11.6 Å². The first-order valence-electron chi connectivity index (χ1n) is 8.54. The zero-order valence-corrected chi connectivity index (χ0v) is 18.1. The van der Waals surface area contributed by atoms with Gasteiger partial charge in [-0.15, -0.1) is 22.7 Å². The highest BCUT2D eigenvalue weighted by atomic mass is 35.5. The molecule has 1 aliphatic rings. The number of halogens is 1. The molecule has 0 fully saturated rings. The zero-order chi connectivity index (χ0) is 20.4. The van der Waals surface area contributed by atoms with Crippen molar-refractivity contribution < 1.29 is 22.7 Å². The Labute approximate surface area is 180 Å². The maximum Gasteiger partial charge on any atom is 0.227 e. The van der Waals surface area contributed by atoms with Gasteiger partial charge in [0.05, 0.1) is 25.6 Å². The van der Waals surface area contributed by atoms with Gasteiger partial charge in [-0.05, 0) is 24.3 Å². The molecule has 2 aromatic heterocycles. The fourth-order valence-electron chi connectivity index (χ4n) is 2.64. The fraction of sp³-hybridized carbons (Fsp3) is 0.222. The van der Waals surface area contributed by atoms with Crippen molar-refractivity contribution in [3.8, 4) is 22.1 Å². The third-order valence-electron chi connectivity index (χ3n) is 4.05. The molecule has 11 heteroatoms. The lowest BCUT2D eigenvalue weighted by molar-refractivity contribution is -0.115. The first-order chi connectivity index (χ1) is 13.9. The molecule has 3 aromatic rings. The Kier molecular flexibility index (Phi) is 5.77. The van der Waals surface area contributed by atoms with Crippen LogP contribution in [0.2, 0.25) is 4.34 Å². The van der Waals surface area contributed by atoms with Crippen molar-refractivity contribution >= 4 is 55.2 Å². The van der Waals surface area contributed by atoms with Crippen molar-refractivity contribution in [2.24, 2.45) is 0 Å². The number of carbonyl (C=O) groups is 1. The second kappa shape index (κ2) is 8.31. The summed E-state index contributed by atoms with van der Waals surface area (Å²) in [5.41, 5.74) is 0.714. The largest absolute Gasteiger partial charge is 0.486 e. The Hall–Kier alpha value is -2.14. The lowest BCUT2D eigenvalue weighted by atomic mass is 10.3. The molecule has 0 radical (unpaired) electrons. The summed E-state index contributed by atoms with van der Waals surface area (Å²) < 4.78 is 36.6. The Morgan fingerprint density at radius 3 is 2.72 bits per heavy atom. The van der Waals surface area contributed by atoms with E-state index in [4.69, 9.17) is 21.1 Å². The number of anilines is 1. The average Bonchev–Trinajstić information content (AvgIpc) is 3.35. The summed E-state index contributed by atoms with van der Waals surface area (Å²) in [6.45, 7) is 0.795. The Morgan fingerprint density at radius 1 is 1.17 bits per heavy atom. The highest BCUT2D eigenvalue weighted by molar-refractivity contribution is 7.91. The molecule has 0 spiro atoms. The molecule has 29 heavy (non-hydrogen) atoms. The third-order valence-corrected chi connectivity index (χ3v) is 7.77. The maximum absolute atomic E-state index is 12.6. The lowest BCUT2D eigenvalue weighted by Gasteiger charge is -2.18. The predicted molar refractivity (Wildman–Crippen MR) is 113 cm³/mol. The van der Waals surface area contributed by atoms with Crippen LogP contribution in [0.5, 0.6) is 11.5 Å². The van der Waals surface area contributed by atoms with Crippen LogP contribution < -0.4 is 14.8 Å². The van der Waals surface area contributed by atoms with E-state index in [1.807, 2.05) is 11.4 Å². The van der Waals surface area contributed by atoms with E-state index >= 15 is 0 Å². The molecule has 1 amide bonds. The van der Waals surface area contributed by atoms with Gasteiger partial charge in [0.15, 0.2) is 26.5 Å². The summed E-state index contributed by atoms with van der Waals surface area (Å²) >= 11 is 8.59. The van der Waals surface area contributed by atoms with E-state index in [0.29, 0.717) is 39.9 Å². The number of nitrogens with zero attached hydrogens (tertiary/aromatic N) is 1. The van der Waals surface area contributed by atoms with Crippen LogP contribution >= 0.6 is 34.3 Å². The van der Waals surface area contributed by atoms with E-state index in [1.54, 1.807) is 12.1 Å². The van der Waals surface area contributed by atoms with Crippen LogP contribution in [-0.4, -0.2) is 38.3 Å². The molecule has 0 saturated carbocycles. The van der Waals surface area contributed by atoms with Gasteiger partial charge < -0.3 is 14.8 Å². The van der Waals surface area contributed by atoms with E-state index in [9.17, 15) is 13.2 Å². The maximum atomic E-state index is 12.6. The van der Waals surface area contributed by atoms with Gasteiger partial charge in [0.2, 0.25) is 5.91 Å². The number of hydrogen-bond donors (Lipinski definition) is 1. The summed E-state index contributed by atoms with van der Waals surface area (Å²) in [5, 5.41) is 4.86. The number of hydrogen-bond acceptors (Lipinski definition) is 8. The van der Waals surface area contributed by atoms with E-state index in [2.05, 4.69) is 10.3 Å². The van der Waals surface area contributed by atoms with Crippen LogP contribution in [0.3, 0.4) is 0 Å². The molecule has 0 atom stereocenters. The SMILES string of the molecule is O=C(CCS(=O)(=O)c1ccc2c(c1)OCCO2)Nc1nc(-c2ccc(Cl)s2)cs1. The first kappa shape index (κ1) is 20.1. The van der Waals surface area contributed by atoms with Gasteiger partial charge in [0.25, 0.3) is 0 Å². The first-order valence-corrected chi connectivity index (χ1v) is 12.3. The number of aromatic nitrogens is 1. The minimum absolute atomic E-state index is 0.0978. The smallest absolute Gasteiger partial charge is 0.227 e. The number of thiazole rings is 1. The number of carbonyl (C=O) groups excluding carboxylic acids is 1. The monoisotopic (exact) mass is 470 g/mol. The number of nitrogens with one attached hydrogen (secondary N) is 1. The summed E-state index contributed by atoms with van der Waals surface area (Å²) in [4.78, 5) is 17.5. The molecule has 1 N–H and O–H groups in total. The molecule has 0 saturated heterocycles. The fourth-order valence-corrected chi connectivity index (χ4v) is 5.70. The Morgan fingerprint density at radius 2 is 1.97 bits per heavy atom. The average molecular weight is 471 g/mol. The standard InChI is InChI=1S/C18H15ClN2O5S3/c19-16-4-3-15(28-16)12-10-27-18(20-12)21-17(22)5-8-29(23,24)11-1-2-13-14(9-11)26-7-6-25-13/h1-4,9-10H,5-8H2,(H,20,21,22). The van der Waals surface area contributed by atoms with E-state index in [0.717, 1.165) is 4.88 Å².